The van der Waals surface area contributed by atoms with Crippen molar-refractivity contribution >= 4 is 23.2 Å². The number of amides is 2. The molecule has 1 unspecified atom stereocenters. The summed E-state index contributed by atoms with van der Waals surface area (Å²) in [5.41, 5.74) is 2.61. The molecule has 0 aliphatic carbocycles. The van der Waals surface area contributed by atoms with E-state index in [9.17, 15) is 9.59 Å². The average Bonchev–Trinajstić information content (AvgIpc) is 2.65. The summed E-state index contributed by atoms with van der Waals surface area (Å²) >= 11 is 0. The molecule has 3 rings (SSSR count). The first-order valence-electron chi connectivity index (χ1n) is 8.61. The fraction of sp³-hybridized carbons (Fsp3) is 0.238. The number of hydrogen-bond donors (Lipinski definition) is 1. The Kier molecular flexibility index (Phi) is 5.16. The van der Waals surface area contributed by atoms with Gasteiger partial charge in [-0.05, 0) is 44.2 Å². The van der Waals surface area contributed by atoms with Crippen LogP contribution in [0.4, 0.5) is 11.4 Å². The van der Waals surface area contributed by atoms with Crippen molar-refractivity contribution in [3.8, 4) is 11.5 Å². The molecule has 0 saturated carbocycles. The summed E-state index contributed by atoms with van der Waals surface area (Å²) in [4.78, 5) is 26.6. The third-order valence-corrected chi connectivity index (χ3v) is 4.19. The number of methoxy groups -OCH3 is 1. The van der Waals surface area contributed by atoms with Gasteiger partial charge in [-0.3, -0.25) is 9.59 Å². The van der Waals surface area contributed by atoms with E-state index < -0.39 is 6.10 Å². The average molecular weight is 366 g/mol. The molecule has 0 bridgehead atoms. The Balaban J connectivity index is 1.85. The van der Waals surface area contributed by atoms with Crippen molar-refractivity contribution in [3.05, 3.63) is 60.2 Å². The van der Waals surface area contributed by atoms with Gasteiger partial charge in [0.25, 0.3) is 11.8 Å². The molecule has 6 nitrogen and oxygen atoms in total. The van der Waals surface area contributed by atoms with E-state index in [0.717, 1.165) is 5.57 Å². The smallest absolute Gasteiger partial charge is 0.268 e. The van der Waals surface area contributed by atoms with Crippen molar-refractivity contribution in [1.29, 1.82) is 0 Å². The van der Waals surface area contributed by atoms with Crippen LogP contribution >= 0.6 is 0 Å². The SMILES string of the molecule is C=C(C)CN1C(=O)C(C)Oc2cc(NC(=O)c3cccc(OC)c3)ccc21. The van der Waals surface area contributed by atoms with Gasteiger partial charge in [0.05, 0.1) is 12.8 Å². The molecule has 0 fully saturated rings. The maximum absolute atomic E-state index is 12.5. The molecule has 2 aromatic rings. The summed E-state index contributed by atoms with van der Waals surface area (Å²) in [5.74, 6) is 0.789. The molecular weight excluding hydrogens is 344 g/mol. The van der Waals surface area contributed by atoms with Crippen LogP contribution in [0.5, 0.6) is 11.5 Å². The number of nitrogens with one attached hydrogen (secondary N) is 1. The van der Waals surface area contributed by atoms with E-state index in [1.165, 1.54) is 0 Å². The standard InChI is InChI=1S/C21H22N2O4/c1-13(2)12-23-18-9-8-16(11-19(18)27-14(3)21(23)25)22-20(24)15-6-5-7-17(10-15)26-4/h5-11,14H,1,12H2,2-4H3,(H,22,24). The lowest BCUT2D eigenvalue weighted by molar-refractivity contribution is -0.125. The van der Waals surface area contributed by atoms with E-state index >= 15 is 0 Å². The van der Waals surface area contributed by atoms with E-state index in [4.69, 9.17) is 9.47 Å². The number of ether oxygens (including phenoxy) is 2. The highest BCUT2D eigenvalue weighted by Gasteiger charge is 2.31. The molecule has 1 atom stereocenters. The zero-order valence-electron chi connectivity index (χ0n) is 15.6. The summed E-state index contributed by atoms with van der Waals surface area (Å²) in [6, 6.07) is 12.1. The monoisotopic (exact) mass is 366 g/mol. The quantitative estimate of drug-likeness (QED) is 0.821. The first-order chi connectivity index (χ1) is 12.9. The van der Waals surface area contributed by atoms with Crippen LogP contribution in [0.2, 0.25) is 0 Å². The predicted octanol–water partition coefficient (Wildman–Crippen LogP) is 3.64. The second kappa shape index (κ2) is 7.53. The van der Waals surface area contributed by atoms with Crippen LogP contribution in [0.25, 0.3) is 0 Å². The summed E-state index contributed by atoms with van der Waals surface area (Å²) in [5, 5.41) is 2.85. The number of carbonyl (C=O) groups excluding carboxylic acids is 2. The van der Waals surface area contributed by atoms with Gasteiger partial charge in [-0.1, -0.05) is 18.2 Å². The first-order valence-corrected chi connectivity index (χ1v) is 8.61. The van der Waals surface area contributed by atoms with Crippen molar-refractivity contribution in [1.82, 2.24) is 0 Å². The summed E-state index contributed by atoms with van der Waals surface area (Å²) < 4.78 is 10.9. The van der Waals surface area contributed by atoms with Crippen molar-refractivity contribution < 1.29 is 19.1 Å². The van der Waals surface area contributed by atoms with Gasteiger partial charge in [0, 0.05) is 23.9 Å². The zero-order chi connectivity index (χ0) is 19.6. The molecule has 2 amide bonds. The lowest BCUT2D eigenvalue weighted by Gasteiger charge is -2.33. The van der Waals surface area contributed by atoms with Crippen molar-refractivity contribution in [2.24, 2.45) is 0 Å². The minimum Gasteiger partial charge on any atom is -0.497 e. The van der Waals surface area contributed by atoms with Gasteiger partial charge >= 0.3 is 0 Å². The number of benzene rings is 2. The van der Waals surface area contributed by atoms with Crippen LogP contribution in [-0.4, -0.2) is 31.6 Å². The van der Waals surface area contributed by atoms with Gasteiger partial charge in [0.15, 0.2) is 6.10 Å². The van der Waals surface area contributed by atoms with Gasteiger partial charge in [-0.15, -0.1) is 0 Å². The lowest BCUT2D eigenvalue weighted by Crippen LogP contribution is -2.45. The maximum Gasteiger partial charge on any atom is 0.268 e. The minimum absolute atomic E-state index is 0.112. The van der Waals surface area contributed by atoms with E-state index in [1.807, 2.05) is 6.92 Å². The van der Waals surface area contributed by atoms with Crippen LogP contribution in [0.1, 0.15) is 24.2 Å². The van der Waals surface area contributed by atoms with Gasteiger partial charge in [-0.25, -0.2) is 0 Å². The molecule has 140 valence electrons. The minimum atomic E-state index is -0.596. The normalized spacial score (nSPS) is 15.6. The molecule has 1 N–H and O–H groups in total. The Morgan fingerprint density at radius 3 is 2.78 bits per heavy atom. The second-order valence-corrected chi connectivity index (χ2v) is 6.51. The third-order valence-electron chi connectivity index (χ3n) is 4.19. The largest absolute Gasteiger partial charge is 0.497 e. The summed E-state index contributed by atoms with van der Waals surface area (Å²) in [6.07, 6.45) is -0.596. The number of anilines is 2. The second-order valence-electron chi connectivity index (χ2n) is 6.51. The summed E-state index contributed by atoms with van der Waals surface area (Å²) in [7, 11) is 1.55. The van der Waals surface area contributed by atoms with Crippen molar-refractivity contribution in [3.63, 3.8) is 0 Å². The predicted molar refractivity (Wildman–Crippen MR) is 105 cm³/mol. The van der Waals surface area contributed by atoms with Crippen LogP contribution < -0.4 is 19.7 Å². The Labute approximate surface area is 158 Å². The highest BCUT2D eigenvalue weighted by atomic mass is 16.5. The number of fused-ring (bicyclic) bond motifs is 1. The molecule has 6 heteroatoms. The maximum atomic E-state index is 12.5. The highest BCUT2D eigenvalue weighted by molar-refractivity contribution is 6.05. The Hall–Kier alpha value is -3.28. The fourth-order valence-corrected chi connectivity index (χ4v) is 2.89. The number of rotatable bonds is 5. The van der Waals surface area contributed by atoms with Crippen LogP contribution in [0.3, 0.4) is 0 Å². The van der Waals surface area contributed by atoms with Crippen molar-refractivity contribution in [2.45, 2.75) is 20.0 Å². The van der Waals surface area contributed by atoms with E-state index in [-0.39, 0.29) is 11.8 Å². The molecule has 27 heavy (non-hydrogen) atoms. The van der Waals surface area contributed by atoms with E-state index in [0.29, 0.717) is 35.0 Å². The van der Waals surface area contributed by atoms with Crippen molar-refractivity contribution in [2.75, 3.05) is 23.9 Å². The molecule has 1 aliphatic heterocycles. The lowest BCUT2D eigenvalue weighted by atomic mass is 10.1. The van der Waals surface area contributed by atoms with Gasteiger partial charge in [0.2, 0.25) is 0 Å². The highest BCUT2D eigenvalue weighted by Crippen LogP contribution is 2.36. The molecule has 0 aromatic heterocycles. The molecule has 1 aliphatic rings. The van der Waals surface area contributed by atoms with Gasteiger partial charge in [0.1, 0.15) is 11.5 Å². The third kappa shape index (κ3) is 3.95. The number of hydrogen-bond acceptors (Lipinski definition) is 4. The van der Waals surface area contributed by atoms with Crippen LogP contribution in [-0.2, 0) is 4.79 Å². The van der Waals surface area contributed by atoms with Crippen LogP contribution in [0, 0.1) is 0 Å². The summed E-state index contributed by atoms with van der Waals surface area (Å²) in [6.45, 7) is 7.89. The fourth-order valence-electron chi connectivity index (χ4n) is 2.89. The van der Waals surface area contributed by atoms with Gasteiger partial charge in [-0.2, -0.15) is 0 Å². The molecule has 2 aromatic carbocycles. The zero-order valence-corrected chi connectivity index (χ0v) is 15.6. The molecular formula is C21H22N2O4. The van der Waals surface area contributed by atoms with Crippen LogP contribution in [0.15, 0.2) is 54.6 Å². The molecule has 1 heterocycles. The first kappa shape index (κ1) is 18.5. The topological polar surface area (TPSA) is 67.9 Å². The van der Waals surface area contributed by atoms with E-state index in [2.05, 4.69) is 11.9 Å². The Morgan fingerprint density at radius 1 is 1.30 bits per heavy atom. The molecule has 0 radical (unpaired) electrons. The molecule has 0 saturated heterocycles. The van der Waals surface area contributed by atoms with E-state index in [1.54, 1.807) is 61.4 Å². The molecule has 0 spiro atoms. The number of nitrogens with zero attached hydrogens (tertiary/aromatic N) is 1. The Bertz CT molecular complexity index is 907. The Morgan fingerprint density at radius 2 is 2.07 bits per heavy atom. The number of carbonyl (C=O) groups is 2. The van der Waals surface area contributed by atoms with Gasteiger partial charge < -0.3 is 19.7 Å².